The molecule has 20 heavy (non-hydrogen) atoms. The first-order chi connectivity index (χ1) is 9.66. The molecule has 2 rings (SSSR count). The van der Waals surface area contributed by atoms with E-state index in [2.05, 4.69) is 15.8 Å². The first kappa shape index (κ1) is 14.0. The molecule has 0 atom stereocenters. The first-order valence-corrected chi connectivity index (χ1v) is 6.14. The molecule has 0 saturated carbocycles. The van der Waals surface area contributed by atoms with Gasteiger partial charge in [0.05, 0.1) is 11.2 Å². The number of hydrogen-bond acceptors (Lipinski definition) is 2. The van der Waals surface area contributed by atoms with Crippen LogP contribution >= 0.6 is 11.6 Å². The van der Waals surface area contributed by atoms with Crippen molar-refractivity contribution in [1.29, 1.82) is 0 Å². The Hall–Kier alpha value is -2.40. The minimum absolute atomic E-state index is 0.120. The Morgan fingerprint density at radius 3 is 2.60 bits per heavy atom. The van der Waals surface area contributed by atoms with Gasteiger partial charge in [-0.2, -0.15) is 5.10 Å². The second-order valence-electron chi connectivity index (χ2n) is 3.83. The van der Waals surface area contributed by atoms with Gasteiger partial charge in [0, 0.05) is 11.3 Å². The summed E-state index contributed by atoms with van der Waals surface area (Å²) in [4.78, 5) is 11.5. The third-order valence-electron chi connectivity index (χ3n) is 2.39. The second-order valence-corrected chi connectivity index (χ2v) is 4.23. The Kier molecular flexibility index (Phi) is 4.68. The smallest absolute Gasteiger partial charge is 0.307 e. The number of urea groups is 1. The highest BCUT2D eigenvalue weighted by Crippen LogP contribution is 2.16. The average molecular weight is 292 g/mol. The van der Waals surface area contributed by atoms with Gasteiger partial charge in [0.2, 0.25) is 0 Å². The number of rotatable bonds is 3. The van der Waals surface area contributed by atoms with E-state index in [0.29, 0.717) is 5.69 Å². The van der Waals surface area contributed by atoms with Crippen LogP contribution in [0, 0.1) is 5.82 Å². The molecule has 0 saturated heterocycles. The number of nitrogens with one attached hydrogen (secondary N) is 2. The molecule has 0 aliphatic heterocycles. The minimum Gasteiger partial charge on any atom is -0.307 e. The van der Waals surface area contributed by atoms with E-state index in [-0.39, 0.29) is 10.6 Å². The Bertz CT molecular complexity index is 611. The third-order valence-corrected chi connectivity index (χ3v) is 2.72. The van der Waals surface area contributed by atoms with Gasteiger partial charge in [0.15, 0.2) is 0 Å². The van der Waals surface area contributed by atoms with Crippen molar-refractivity contribution in [3.8, 4) is 0 Å². The van der Waals surface area contributed by atoms with Crippen LogP contribution in [0.5, 0.6) is 0 Å². The summed E-state index contributed by atoms with van der Waals surface area (Å²) in [6.07, 6.45) is 1.15. The molecule has 0 radical (unpaired) electrons. The highest BCUT2D eigenvalue weighted by molar-refractivity contribution is 6.33. The maximum atomic E-state index is 13.4. The van der Waals surface area contributed by atoms with Gasteiger partial charge in [-0.1, -0.05) is 35.9 Å². The summed E-state index contributed by atoms with van der Waals surface area (Å²) >= 11 is 5.82. The summed E-state index contributed by atoms with van der Waals surface area (Å²) in [6.45, 7) is 0. The number of hydrogen-bond donors (Lipinski definition) is 2. The lowest BCUT2D eigenvalue weighted by molar-refractivity contribution is 0.252. The summed E-state index contributed by atoms with van der Waals surface area (Å²) in [5.74, 6) is -0.508. The first-order valence-electron chi connectivity index (χ1n) is 5.76. The highest BCUT2D eigenvalue weighted by atomic mass is 35.5. The molecule has 2 amide bonds. The fraction of sp³-hybridized carbons (Fsp3) is 0. The number of hydrazone groups is 1. The van der Waals surface area contributed by atoms with Crippen molar-refractivity contribution in [2.45, 2.75) is 0 Å². The molecule has 0 aromatic heterocycles. The maximum Gasteiger partial charge on any atom is 0.339 e. The zero-order chi connectivity index (χ0) is 14.4. The molecule has 0 spiro atoms. The topological polar surface area (TPSA) is 53.5 Å². The maximum absolute atomic E-state index is 13.4. The molecule has 6 heteroatoms. The molecule has 0 unspecified atom stereocenters. The van der Waals surface area contributed by atoms with Crippen LogP contribution in [0.15, 0.2) is 53.6 Å². The molecule has 0 aliphatic carbocycles. The molecule has 0 bridgehead atoms. The lowest BCUT2D eigenvalue weighted by Crippen LogP contribution is -2.24. The van der Waals surface area contributed by atoms with Crippen LogP contribution in [0.4, 0.5) is 14.9 Å². The van der Waals surface area contributed by atoms with Crippen LogP contribution in [0.2, 0.25) is 5.02 Å². The average Bonchev–Trinajstić information content (AvgIpc) is 2.43. The zero-order valence-corrected chi connectivity index (χ0v) is 11.1. The molecule has 2 aromatic rings. The molecule has 0 heterocycles. The number of halogens is 2. The van der Waals surface area contributed by atoms with Crippen molar-refractivity contribution < 1.29 is 9.18 Å². The lowest BCUT2D eigenvalue weighted by atomic mass is 10.2. The van der Waals surface area contributed by atoms with E-state index in [1.165, 1.54) is 18.2 Å². The van der Waals surface area contributed by atoms with E-state index >= 15 is 0 Å². The summed E-state index contributed by atoms with van der Waals surface area (Å²) in [5.41, 5.74) is 2.98. The molecular formula is C14H11ClFN3O. The van der Waals surface area contributed by atoms with Gasteiger partial charge in [0.1, 0.15) is 5.82 Å². The van der Waals surface area contributed by atoms with Gasteiger partial charge in [-0.15, -0.1) is 0 Å². The summed E-state index contributed by atoms with van der Waals surface area (Å²) in [5, 5.41) is 6.44. The van der Waals surface area contributed by atoms with Gasteiger partial charge in [0.25, 0.3) is 0 Å². The van der Waals surface area contributed by atoms with Gasteiger partial charge >= 0.3 is 6.03 Å². The SMILES string of the molecule is O=C(N/N=C\c1c(F)cccc1Cl)Nc1ccccc1. The number of anilines is 1. The van der Waals surface area contributed by atoms with Crippen molar-refractivity contribution in [2.75, 3.05) is 5.32 Å². The molecule has 0 aliphatic rings. The number of benzene rings is 2. The van der Waals surface area contributed by atoms with E-state index < -0.39 is 11.8 Å². The molecule has 102 valence electrons. The Morgan fingerprint density at radius 2 is 1.90 bits per heavy atom. The Morgan fingerprint density at radius 1 is 1.15 bits per heavy atom. The fourth-order valence-electron chi connectivity index (χ4n) is 1.47. The molecule has 2 N–H and O–H groups in total. The number of carbonyl (C=O) groups is 1. The van der Waals surface area contributed by atoms with E-state index in [0.717, 1.165) is 6.21 Å². The van der Waals surface area contributed by atoms with Crippen LogP contribution in [-0.4, -0.2) is 12.2 Å². The normalized spacial score (nSPS) is 10.5. The highest BCUT2D eigenvalue weighted by Gasteiger charge is 2.04. The fourth-order valence-corrected chi connectivity index (χ4v) is 1.68. The van der Waals surface area contributed by atoms with Crippen molar-refractivity contribution in [3.63, 3.8) is 0 Å². The molecule has 4 nitrogen and oxygen atoms in total. The van der Waals surface area contributed by atoms with Crippen molar-refractivity contribution in [3.05, 3.63) is 64.9 Å². The van der Waals surface area contributed by atoms with Crippen LogP contribution in [0.1, 0.15) is 5.56 Å². The lowest BCUT2D eigenvalue weighted by Gasteiger charge is -2.03. The summed E-state index contributed by atoms with van der Waals surface area (Å²) < 4.78 is 13.4. The van der Waals surface area contributed by atoms with E-state index in [1.807, 2.05) is 6.07 Å². The second kappa shape index (κ2) is 6.68. The molecule has 2 aromatic carbocycles. The zero-order valence-electron chi connectivity index (χ0n) is 10.3. The van der Waals surface area contributed by atoms with Crippen molar-refractivity contribution in [1.82, 2.24) is 5.43 Å². The molecule has 0 fully saturated rings. The van der Waals surface area contributed by atoms with Crippen LogP contribution in [-0.2, 0) is 0 Å². The van der Waals surface area contributed by atoms with E-state index in [1.54, 1.807) is 24.3 Å². The minimum atomic E-state index is -0.528. The standard InChI is InChI=1S/C14H11ClFN3O/c15-12-7-4-8-13(16)11(12)9-17-19-14(20)18-10-5-2-1-3-6-10/h1-9H,(H2,18,19,20)/b17-9-. The number of amides is 2. The predicted octanol–water partition coefficient (Wildman–Crippen LogP) is 3.63. The van der Waals surface area contributed by atoms with Crippen LogP contribution in [0.25, 0.3) is 0 Å². The van der Waals surface area contributed by atoms with Gasteiger partial charge in [-0.3, -0.25) is 0 Å². The largest absolute Gasteiger partial charge is 0.339 e. The quantitative estimate of drug-likeness (QED) is 0.658. The van der Waals surface area contributed by atoms with Crippen molar-refractivity contribution >= 4 is 29.5 Å². The number of nitrogens with zero attached hydrogens (tertiary/aromatic N) is 1. The van der Waals surface area contributed by atoms with Crippen LogP contribution < -0.4 is 10.7 Å². The summed E-state index contributed by atoms with van der Waals surface area (Å²) in [7, 11) is 0. The Labute approximate surface area is 120 Å². The number of para-hydroxylation sites is 1. The van der Waals surface area contributed by atoms with E-state index in [4.69, 9.17) is 11.6 Å². The monoisotopic (exact) mass is 291 g/mol. The van der Waals surface area contributed by atoms with Crippen LogP contribution in [0.3, 0.4) is 0 Å². The summed E-state index contributed by atoms with van der Waals surface area (Å²) in [6, 6.07) is 12.6. The van der Waals surface area contributed by atoms with Gasteiger partial charge in [-0.25, -0.2) is 14.6 Å². The predicted molar refractivity (Wildman–Crippen MR) is 77.6 cm³/mol. The Balaban J connectivity index is 1.95. The third kappa shape index (κ3) is 3.80. The molecular weight excluding hydrogens is 281 g/mol. The van der Waals surface area contributed by atoms with E-state index in [9.17, 15) is 9.18 Å². The number of carbonyl (C=O) groups excluding carboxylic acids is 1. The van der Waals surface area contributed by atoms with Crippen molar-refractivity contribution in [2.24, 2.45) is 5.10 Å². The van der Waals surface area contributed by atoms with Gasteiger partial charge < -0.3 is 5.32 Å². The van der Waals surface area contributed by atoms with Gasteiger partial charge in [-0.05, 0) is 24.3 Å².